The number of fused-ring (bicyclic) bond motifs is 4. The molecule has 3 nitrogen and oxygen atoms in total. The van der Waals surface area contributed by atoms with Gasteiger partial charge in [0, 0.05) is 64.7 Å². The van der Waals surface area contributed by atoms with Crippen molar-refractivity contribution < 1.29 is 34.4 Å². The van der Waals surface area contributed by atoms with Crippen LogP contribution in [0.15, 0.2) is 66.6 Å². The molecule has 0 amide bonds. The number of aliphatic hydroxyl groups excluding tert-OH is 1. The number of aromatic nitrogens is 1. The Hall–Kier alpha value is -2.92. The van der Waals surface area contributed by atoms with E-state index in [4.69, 9.17) is 4.98 Å². The summed E-state index contributed by atoms with van der Waals surface area (Å²) < 4.78 is 15.2. The molecule has 1 radical (unpaired) electrons. The number of hydrogen-bond donors (Lipinski definition) is 1. The smallest absolute Gasteiger partial charge is 0.162 e. The predicted molar refractivity (Wildman–Crippen MR) is 219 cm³/mol. The molecule has 0 unspecified atom stereocenters. The Bertz CT molecular complexity index is 1980. The monoisotopic (exact) mass is 901 g/mol. The van der Waals surface area contributed by atoms with Gasteiger partial charge in [-0.2, -0.15) is 0 Å². The van der Waals surface area contributed by atoms with Crippen LogP contribution in [0.25, 0.3) is 42.2 Å². The number of benzene rings is 3. The van der Waals surface area contributed by atoms with Crippen LogP contribution in [0.3, 0.4) is 0 Å². The van der Waals surface area contributed by atoms with Crippen molar-refractivity contribution in [3.63, 3.8) is 0 Å². The summed E-state index contributed by atoms with van der Waals surface area (Å²) in [5, 5.41) is 15.1. The van der Waals surface area contributed by atoms with Gasteiger partial charge in [-0.05, 0) is 71.4 Å². The SMILES string of the molecule is CC(C)C(C(=O)/C=C(\O)C(C(C)C)C(C)C)C(C)C.Cc1c(CCCF)ccc2c1sc1c(-c3[c-]c4ccccc4c(C(C)(C)C)c3)nccc12.[Ir]. The van der Waals surface area contributed by atoms with Gasteiger partial charge in [-0.3, -0.25) is 14.2 Å². The van der Waals surface area contributed by atoms with E-state index in [-0.39, 0.29) is 55.6 Å². The van der Waals surface area contributed by atoms with Gasteiger partial charge in [0.1, 0.15) is 0 Å². The minimum atomic E-state index is -0.272. The molecule has 283 valence electrons. The maximum Gasteiger partial charge on any atom is 0.162 e. The number of hydrogen-bond acceptors (Lipinski definition) is 4. The Morgan fingerprint density at radius 2 is 1.46 bits per heavy atom. The molecule has 5 rings (SSSR count). The minimum Gasteiger partial charge on any atom is -0.512 e. The number of carbonyl (C=O) groups is 1. The molecule has 2 aromatic heterocycles. The largest absolute Gasteiger partial charge is 0.512 e. The fraction of sp³-hybridized carbons (Fsp3) is 0.478. The quantitative estimate of drug-likeness (QED) is 0.0816. The topological polar surface area (TPSA) is 50.2 Å². The van der Waals surface area contributed by atoms with Gasteiger partial charge in [0.15, 0.2) is 5.78 Å². The zero-order chi connectivity index (χ0) is 37.8. The molecule has 5 aromatic rings. The fourth-order valence-electron chi connectivity index (χ4n) is 7.86. The Labute approximate surface area is 329 Å². The Kier molecular flexibility index (Phi) is 15.4. The molecule has 0 atom stereocenters. The number of carbonyl (C=O) groups excluding carboxylic acids is 1. The normalized spacial score (nSPS) is 12.6. The third kappa shape index (κ3) is 9.78. The molecular weight excluding hydrogens is 842 g/mol. The van der Waals surface area contributed by atoms with E-state index in [1.54, 1.807) is 11.3 Å². The number of pyridine rings is 1. The van der Waals surface area contributed by atoms with Crippen LogP contribution >= 0.6 is 11.3 Å². The van der Waals surface area contributed by atoms with Crippen molar-refractivity contribution in [2.45, 2.75) is 101 Å². The number of rotatable bonds is 11. The van der Waals surface area contributed by atoms with Gasteiger partial charge in [0.2, 0.25) is 0 Å². The molecule has 0 aliphatic carbocycles. The summed E-state index contributed by atoms with van der Waals surface area (Å²) in [5.74, 6) is 1.63. The molecule has 0 spiro atoms. The van der Waals surface area contributed by atoms with Crippen molar-refractivity contribution in [3.05, 3.63) is 89.3 Å². The Morgan fingerprint density at radius 3 is 2.04 bits per heavy atom. The number of thiophene rings is 1. The molecule has 0 fully saturated rings. The van der Waals surface area contributed by atoms with Crippen molar-refractivity contribution in [1.82, 2.24) is 4.98 Å². The first-order chi connectivity index (χ1) is 24.0. The molecule has 52 heavy (non-hydrogen) atoms. The van der Waals surface area contributed by atoms with Gasteiger partial charge < -0.3 is 5.11 Å². The zero-order valence-electron chi connectivity index (χ0n) is 33.3. The molecule has 3 aromatic carbocycles. The second-order valence-electron chi connectivity index (χ2n) is 16.5. The number of nitrogens with zero attached hydrogens (tertiary/aromatic N) is 1. The second-order valence-corrected chi connectivity index (χ2v) is 17.6. The van der Waals surface area contributed by atoms with Crippen LogP contribution in [0.5, 0.6) is 0 Å². The first-order valence-corrected chi connectivity index (χ1v) is 19.5. The van der Waals surface area contributed by atoms with Crippen molar-refractivity contribution >= 4 is 48.1 Å². The van der Waals surface area contributed by atoms with E-state index in [1.165, 1.54) is 48.3 Å². The van der Waals surface area contributed by atoms with E-state index in [0.717, 1.165) is 23.1 Å². The first-order valence-electron chi connectivity index (χ1n) is 18.7. The summed E-state index contributed by atoms with van der Waals surface area (Å²) in [7, 11) is 0. The van der Waals surface area contributed by atoms with Gasteiger partial charge in [-0.1, -0.05) is 117 Å². The summed E-state index contributed by atoms with van der Waals surface area (Å²) in [6, 6.07) is 20.9. The molecule has 0 aliphatic heterocycles. The number of aliphatic hydroxyl groups is 1. The van der Waals surface area contributed by atoms with Crippen molar-refractivity contribution in [3.8, 4) is 11.3 Å². The van der Waals surface area contributed by atoms with Crippen molar-refractivity contribution in [2.24, 2.45) is 35.5 Å². The summed E-state index contributed by atoms with van der Waals surface area (Å²) in [5.41, 5.74) is 5.86. The molecule has 1 N–H and O–H groups in total. The standard InChI is InChI=1S/C29H27FNS.C17H32O2.Ir/c1-18-19(9-7-14-30)11-12-23-24-13-15-31-26(28(24)32-27(18)23)21-16-20-8-5-6-10-22(20)25(17-21)29(2,3)4;1-10(2)16(11(3)4)14(18)9-15(19)17(12(5)6)13(7)8;/h5-6,8,10-13,15,17H,7,9,14H2,1-4H3;9-13,16-18H,1-8H3;/q-1;;/b;14-9-;. The Balaban J connectivity index is 0.000000317. The zero-order valence-corrected chi connectivity index (χ0v) is 36.5. The average molecular weight is 901 g/mol. The third-order valence-electron chi connectivity index (χ3n) is 10.2. The van der Waals surface area contributed by atoms with Gasteiger partial charge in [0.25, 0.3) is 0 Å². The first kappa shape index (κ1) is 43.5. The van der Waals surface area contributed by atoms with Crippen molar-refractivity contribution in [2.75, 3.05) is 6.67 Å². The van der Waals surface area contributed by atoms with Crippen LogP contribution in [-0.4, -0.2) is 22.5 Å². The molecule has 0 bridgehead atoms. The van der Waals surface area contributed by atoms with Gasteiger partial charge in [-0.15, -0.1) is 40.5 Å². The van der Waals surface area contributed by atoms with Crippen LogP contribution in [-0.2, 0) is 36.7 Å². The van der Waals surface area contributed by atoms with E-state index in [9.17, 15) is 14.3 Å². The van der Waals surface area contributed by atoms with E-state index < -0.39 is 0 Å². The molecule has 0 aliphatic rings. The number of alkyl halides is 1. The van der Waals surface area contributed by atoms with Gasteiger partial charge in [0.05, 0.1) is 12.4 Å². The van der Waals surface area contributed by atoms with Crippen LogP contribution < -0.4 is 0 Å². The predicted octanol–water partition coefficient (Wildman–Crippen LogP) is 13.4. The maximum absolute atomic E-state index is 12.8. The van der Waals surface area contributed by atoms with Gasteiger partial charge >= 0.3 is 0 Å². The van der Waals surface area contributed by atoms with Gasteiger partial charge in [-0.25, -0.2) is 0 Å². The molecule has 0 saturated heterocycles. The van der Waals surface area contributed by atoms with E-state index in [0.29, 0.717) is 30.1 Å². The summed E-state index contributed by atoms with van der Waals surface area (Å²) in [4.78, 5) is 17.2. The number of ketones is 1. The van der Waals surface area contributed by atoms with Crippen LogP contribution in [0, 0.1) is 48.5 Å². The third-order valence-corrected chi connectivity index (χ3v) is 11.5. The summed E-state index contributed by atoms with van der Waals surface area (Å²) >= 11 is 1.80. The molecule has 2 heterocycles. The minimum absolute atomic E-state index is 0. The fourth-order valence-corrected chi connectivity index (χ4v) is 9.18. The van der Waals surface area contributed by atoms with E-state index in [1.807, 2.05) is 6.20 Å². The number of allylic oxidation sites excluding steroid dienone is 2. The van der Waals surface area contributed by atoms with Crippen molar-refractivity contribution in [1.29, 1.82) is 0 Å². The van der Waals surface area contributed by atoms with Crippen LogP contribution in [0.2, 0.25) is 0 Å². The summed E-state index contributed by atoms with van der Waals surface area (Å²) in [6.45, 7) is 25.3. The van der Waals surface area contributed by atoms with Crippen LogP contribution in [0.4, 0.5) is 4.39 Å². The second kappa shape index (κ2) is 18.4. The number of halogens is 1. The van der Waals surface area contributed by atoms with Crippen LogP contribution in [0.1, 0.15) is 99.3 Å². The Morgan fingerprint density at radius 1 is 0.865 bits per heavy atom. The van der Waals surface area contributed by atoms with E-state index in [2.05, 4.69) is 138 Å². The molecule has 0 saturated carbocycles. The molecule has 6 heteroatoms. The average Bonchev–Trinajstić information content (AvgIpc) is 3.43. The maximum atomic E-state index is 12.8. The number of aryl methyl sites for hydroxylation is 2. The molecular formula is C46H59FIrNO2S-. The summed E-state index contributed by atoms with van der Waals surface area (Å²) in [6.07, 6.45) is 4.75. The van der Waals surface area contributed by atoms with E-state index >= 15 is 0 Å².